The maximum Gasteiger partial charge on any atom is 0.231 e. The van der Waals surface area contributed by atoms with Crippen LogP contribution in [0.5, 0.6) is 11.5 Å². The lowest BCUT2D eigenvalue weighted by atomic mass is 9.87. The summed E-state index contributed by atoms with van der Waals surface area (Å²) in [5, 5.41) is 14.0. The van der Waals surface area contributed by atoms with Crippen molar-refractivity contribution in [3.63, 3.8) is 0 Å². The second-order valence-corrected chi connectivity index (χ2v) is 4.86. The van der Waals surface area contributed by atoms with Gasteiger partial charge >= 0.3 is 0 Å². The van der Waals surface area contributed by atoms with Crippen molar-refractivity contribution in [1.82, 2.24) is 5.32 Å². The molecule has 0 amide bonds. The Kier molecular flexibility index (Phi) is 2.49. The lowest BCUT2D eigenvalue weighted by molar-refractivity contribution is 0.0217. The molecule has 4 heteroatoms. The highest BCUT2D eigenvalue weighted by Gasteiger charge is 2.36. The van der Waals surface area contributed by atoms with Gasteiger partial charge in [-0.1, -0.05) is 6.07 Å². The first-order valence-electron chi connectivity index (χ1n) is 6.04. The van der Waals surface area contributed by atoms with Crippen molar-refractivity contribution in [2.24, 2.45) is 0 Å². The average Bonchev–Trinajstić information content (AvgIpc) is 2.99. The summed E-state index contributed by atoms with van der Waals surface area (Å²) in [7, 11) is 0. The fourth-order valence-corrected chi connectivity index (χ4v) is 2.58. The summed E-state index contributed by atoms with van der Waals surface area (Å²) >= 11 is 0. The molecule has 4 nitrogen and oxygen atoms in total. The van der Waals surface area contributed by atoms with Crippen molar-refractivity contribution >= 4 is 0 Å². The summed E-state index contributed by atoms with van der Waals surface area (Å²) in [6.07, 6.45) is 2.12. The highest BCUT2D eigenvalue weighted by atomic mass is 16.7. The van der Waals surface area contributed by atoms with Crippen LogP contribution in [0.25, 0.3) is 0 Å². The number of hydrogen-bond donors (Lipinski definition) is 2. The van der Waals surface area contributed by atoms with E-state index in [1.165, 1.54) is 0 Å². The van der Waals surface area contributed by atoms with Crippen molar-refractivity contribution in [1.29, 1.82) is 0 Å². The fourth-order valence-electron chi connectivity index (χ4n) is 2.58. The van der Waals surface area contributed by atoms with Crippen LogP contribution in [0.4, 0.5) is 0 Å². The second-order valence-electron chi connectivity index (χ2n) is 4.86. The lowest BCUT2D eigenvalue weighted by Gasteiger charge is -2.30. The normalized spacial score (nSPS) is 25.9. The number of ether oxygens (including phenoxy) is 2. The van der Waals surface area contributed by atoms with Crippen molar-refractivity contribution < 1.29 is 14.6 Å². The highest BCUT2D eigenvalue weighted by molar-refractivity contribution is 5.46. The molecule has 0 aromatic heterocycles. The number of benzene rings is 1. The molecule has 2 aliphatic heterocycles. The van der Waals surface area contributed by atoms with Crippen LogP contribution < -0.4 is 14.8 Å². The second kappa shape index (κ2) is 3.89. The predicted molar refractivity (Wildman–Crippen MR) is 63.2 cm³/mol. The smallest absolute Gasteiger partial charge is 0.231 e. The standard InChI is InChI=1S/C13H17NO3/c1-13(15,12-3-2-6-14-12)9-4-5-10-11(7-9)17-8-16-10/h4-5,7,12,14-15H,2-3,6,8H2,1H3. The summed E-state index contributed by atoms with van der Waals surface area (Å²) in [6, 6.07) is 5.76. The number of rotatable bonds is 2. The molecule has 2 aliphatic rings. The van der Waals surface area contributed by atoms with Gasteiger partial charge in [0.05, 0.1) is 0 Å². The first kappa shape index (κ1) is 10.9. The van der Waals surface area contributed by atoms with Gasteiger partial charge in [-0.2, -0.15) is 0 Å². The van der Waals surface area contributed by atoms with Gasteiger partial charge in [-0.3, -0.25) is 0 Å². The maximum absolute atomic E-state index is 10.7. The van der Waals surface area contributed by atoms with Crippen LogP contribution in [0, 0.1) is 0 Å². The first-order chi connectivity index (χ1) is 8.18. The highest BCUT2D eigenvalue weighted by Crippen LogP contribution is 2.37. The van der Waals surface area contributed by atoms with Gasteiger partial charge in [0.15, 0.2) is 11.5 Å². The minimum atomic E-state index is -0.864. The number of fused-ring (bicyclic) bond motifs is 1. The third-order valence-electron chi connectivity index (χ3n) is 3.70. The topological polar surface area (TPSA) is 50.7 Å². The first-order valence-corrected chi connectivity index (χ1v) is 6.04. The molecule has 0 bridgehead atoms. The van der Waals surface area contributed by atoms with Crippen LogP contribution in [-0.4, -0.2) is 24.5 Å². The van der Waals surface area contributed by atoms with E-state index in [4.69, 9.17) is 9.47 Å². The molecule has 2 atom stereocenters. The molecule has 1 saturated heterocycles. The molecule has 3 rings (SSSR count). The van der Waals surface area contributed by atoms with Crippen LogP contribution in [0.15, 0.2) is 18.2 Å². The van der Waals surface area contributed by atoms with Gasteiger partial charge in [-0.25, -0.2) is 0 Å². The molecule has 1 aromatic rings. The fraction of sp³-hybridized carbons (Fsp3) is 0.538. The number of aliphatic hydroxyl groups is 1. The van der Waals surface area contributed by atoms with Gasteiger partial charge in [-0.05, 0) is 44.0 Å². The summed E-state index contributed by atoms with van der Waals surface area (Å²) in [4.78, 5) is 0. The van der Waals surface area contributed by atoms with E-state index in [-0.39, 0.29) is 12.8 Å². The molecule has 2 N–H and O–H groups in total. The zero-order valence-electron chi connectivity index (χ0n) is 9.90. The maximum atomic E-state index is 10.7. The van der Waals surface area contributed by atoms with Gasteiger partial charge in [-0.15, -0.1) is 0 Å². The summed E-state index contributed by atoms with van der Waals surface area (Å²) < 4.78 is 10.6. The Bertz CT molecular complexity index is 425. The van der Waals surface area contributed by atoms with E-state index in [0.717, 1.165) is 36.4 Å². The minimum absolute atomic E-state index is 0.114. The van der Waals surface area contributed by atoms with Gasteiger partial charge < -0.3 is 19.9 Å². The van der Waals surface area contributed by atoms with Gasteiger partial charge in [0.2, 0.25) is 6.79 Å². The van der Waals surface area contributed by atoms with Crippen LogP contribution in [0.2, 0.25) is 0 Å². The third-order valence-corrected chi connectivity index (χ3v) is 3.70. The Balaban J connectivity index is 1.92. The quantitative estimate of drug-likeness (QED) is 0.813. The molecule has 2 unspecified atom stereocenters. The van der Waals surface area contributed by atoms with Crippen molar-refractivity contribution in [3.05, 3.63) is 23.8 Å². The molecular formula is C13H17NO3. The van der Waals surface area contributed by atoms with E-state index in [2.05, 4.69) is 5.32 Å². The van der Waals surface area contributed by atoms with E-state index in [1.54, 1.807) is 0 Å². The third kappa shape index (κ3) is 1.77. The van der Waals surface area contributed by atoms with E-state index < -0.39 is 5.60 Å². The van der Waals surface area contributed by atoms with E-state index >= 15 is 0 Å². The van der Waals surface area contributed by atoms with E-state index in [0.29, 0.717) is 0 Å². The zero-order chi connectivity index (χ0) is 11.9. The number of hydrogen-bond acceptors (Lipinski definition) is 4. The minimum Gasteiger partial charge on any atom is -0.454 e. The Morgan fingerprint density at radius 3 is 2.94 bits per heavy atom. The molecule has 0 spiro atoms. The van der Waals surface area contributed by atoms with Crippen LogP contribution >= 0.6 is 0 Å². The molecule has 17 heavy (non-hydrogen) atoms. The van der Waals surface area contributed by atoms with Gasteiger partial charge in [0, 0.05) is 6.04 Å². The van der Waals surface area contributed by atoms with E-state index in [1.807, 2.05) is 25.1 Å². The van der Waals surface area contributed by atoms with Gasteiger partial charge in [0.1, 0.15) is 5.60 Å². The van der Waals surface area contributed by atoms with Crippen LogP contribution in [-0.2, 0) is 5.60 Å². The van der Waals surface area contributed by atoms with Crippen molar-refractivity contribution in [2.45, 2.75) is 31.4 Å². The Morgan fingerprint density at radius 2 is 2.18 bits per heavy atom. The Hall–Kier alpha value is -1.26. The largest absolute Gasteiger partial charge is 0.454 e. The van der Waals surface area contributed by atoms with Crippen LogP contribution in [0.1, 0.15) is 25.3 Å². The molecule has 0 aliphatic carbocycles. The molecular weight excluding hydrogens is 218 g/mol. The molecule has 92 valence electrons. The molecule has 0 saturated carbocycles. The SMILES string of the molecule is CC(O)(c1ccc2c(c1)OCO2)C1CCCN1. The molecule has 0 radical (unpaired) electrons. The predicted octanol–water partition coefficient (Wildman–Crippen LogP) is 1.37. The molecule has 1 fully saturated rings. The zero-order valence-corrected chi connectivity index (χ0v) is 9.90. The summed E-state index contributed by atoms with van der Waals surface area (Å²) in [6.45, 7) is 3.10. The number of nitrogens with one attached hydrogen (secondary N) is 1. The Morgan fingerprint density at radius 1 is 1.35 bits per heavy atom. The Labute approximate surface area is 101 Å². The van der Waals surface area contributed by atoms with Gasteiger partial charge in [0.25, 0.3) is 0 Å². The average molecular weight is 235 g/mol. The van der Waals surface area contributed by atoms with Crippen molar-refractivity contribution in [3.8, 4) is 11.5 Å². The summed E-state index contributed by atoms with van der Waals surface area (Å²) in [5.74, 6) is 1.48. The molecule has 2 heterocycles. The van der Waals surface area contributed by atoms with Crippen LogP contribution in [0.3, 0.4) is 0 Å². The molecule has 1 aromatic carbocycles. The van der Waals surface area contributed by atoms with Crippen molar-refractivity contribution in [2.75, 3.05) is 13.3 Å². The summed E-state index contributed by atoms with van der Waals surface area (Å²) in [5.41, 5.74) is 0.0125. The lowest BCUT2D eigenvalue weighted by Crippen LogP contribution is -2.42. The monoisotopic (exact) mass is 235 g/mol. The van der Waals surface area contributed by atoms with E-state index in [9.17, 15) is 5.11 Å².